The Morgan fingerprint density at radius 1 is 1.32 bits per heavy atom. The van der Waals surface area contributed by atoms with Crippen LogP contribution in [0.25, 0.3) is 0 Å². The van der Waals surface area contributed by atoms with Gasteiger partial charge in [0.1, 0.15) is 0 Å². The van der Waals surface area contributed by atoms with Crippen molar-refractivity contribution in [3.8, 4) is 0 Å². The van der Waals surface area contributed by atoms with Crippen molar-refractivity contribution in [2.24, 2.45) is 0 Å². The molecule has 2 rings (SSSR count). The lowest BCUT2D eigenvalue weighted by molar-refractivity contribution is 0.179. The molecule has 1 unspecified atom stereocenters. The van der Waals surface area contributed by atoms with E-state index in [4.69, 9.17) is 0 Å². The minimum atomic E-state index is -0.562. The van der Waals surface area contributed by atoms with Crippen molar-refractivity contribution < 1.29 is 5.11 Å². The normalized spacial score (nSPS) is 13.5. The van der Waals surface area contributed by atoms with Gasteiger partial charge in [-0.25, -0.2) is 0 Å². The van der Waals surface area contributed by atoms with Gasteiger partial charge in [-0.2, -0.15) is 0 Å². The van der Waals surface area contributed by atoms with Crippen molar-refractivity contribution in [1.29, 1.82) is 0 Å². The van der Waals surface area contributed by atoms with Crippen LogP contribution < -0.4 is 0 Å². The van der Waals surface area contributed by atoms with E-state index in [1.807, 2.05) is 24.3 Å². The zero-order chi connectivity index (χ0) is 14.0. The van der Waals surface area contributed by atoms with Crippen LogP contribution in [-0.2, 0) is 11.8 Å². The number of hydrogen-bond donors (Lipinski definition) is 1. The highest BCUT2D eigenvalue weighted by molar-refractivity contribution is 9.10. The Kier molecular flexibility index (Phi) is 4.38. The zero-order valence-corrected chi connectivity index (χ0v) is 13.6. The maximum Gasteiger partial charge on any atom is 0.0957 e. The second-order valence-corrected chi connectivity index (χ2v) is 7.19. The smallest absolute Gasteiger partial charge is 0.0957 e. The Labute approximate surface area is 126 Å². The third kappa shape index (κ3) is 3.41. The van der Waals surface area contributed by atoms with Crippen LogP contribution in [0.5, 0.6) is 0 Å². The van der Waals surface area contributed by atoms with Gasteiger partial charge in [-0.1, -0.05) is 59.4 Å². The van der Waals surface area contributed by atoms with Crippen LogP contribution in [0.3, 0.4) is 0 Å². The number of aromatic nitrogens is 2. The number of aliphatic hydroxyl groups excluding tert-OH is 1. The van der Waals surface area contributed by atoms with Gasteiger partial charge in [0, 0.05) is 16.3 Å². The minimum absolute atomic E-state index is 0.1000. The Morgan fingerprint density at radius 2 is 2.00 bits per heavy atom. The van der Waals surface area contributed by atoms with Crippen LogP contribution in [0.1, 0.15) is 43.0 Å². The van der Waals surface area contributed by atoms with E-state index >= 15 is 0 Å². The average molecular weight is 341 g/mol. The second-order valence-electron chi connectivity index (χ2n) is 5.55. The van der Waals surface area contributed by atoms with E-state index in [9.17, 15) is 5.11 Å². The molecule has 1 atom stereocenters. The summed E-state index contributed by atoms with van der Waals surface area (Å²) in [5, 5.41) is 14.6. The summed E-state index contributed by atoms with van der Waals surface area (Å²) >= 11 is 4.79. The van der Waals surface area contributed by atoms with Crippen molar-refractivity contribution in [3.05, 3.63) is 44.9 Å². The van der Waals surface area contributed by atoms with Crippen molar-refractivity contribution in [2.45, 2.75) is 38.7 Å². The molecule has 0 spiro atoms. The van der Waals surface area contributed by atoms with Crippen molar-refractivity contribution in [2.75, 3.05) is 0 Å². The lowest BCUT2D eigenvalue weighted by Gasteiger charge is -2.19. The molecule has 0 fully saturated rings. The molecule has 3 nitrogen and oxygen atoms in total. The quantitative estimate of drug-likeness (QED) is 0.922. The molecule has 1 N–H and O–H groups in total. The fourth-order valence-corrected chi connectivity index (χ4v) is 3.20. The fraction of sp³-hybridized carbons (Fsp3) is 0.429. The molecule has 0 aliphatic rings. The van der Waals surface area contributed by atoms with Gasteiger partial charge in [-0.3, -0.25) is 0 Å². The monoisotopic (exact) mass is 340 g/mol. The molecule has 0 aliphatic heterocycles. The van der Waals surface area contributed by atoms with E-state index in [1.54, 1.807) is 0 Å². The van der Waals surface area contributed by atoms with Crippen molar-refractivity contribution in [3.63, 3.8) is 0 Å². The number of nitrogens with zero attached hydrogens (tertiary/aromatic N) is 2. The van der Waals surface area contributed by atoms with Gasteiger partial charge in [-0.15, -0.1) is 5.10 Å². The molecule has 1 aromatic carbocycles. The van der Waals surface area contributed by atoms with Crippen LogP contribution in [0.4, 0.5) is 0 Å². The standard InChI is InChI=1S/C14H17BrN2OS/c1-14(2,3)13-12(19-17-16-13)11(18)8-9-6-4-5-7-10(9)15/h4-7,11,18H,8H2,1-3H3. The maximum atomic E-state index is 10.4. The predicted octanol–water partition coefficient (Wildman–Crippen LogP) is 3.87. The van der Waals surface area contributed by atoms with Crippen LogP contribution in [0, 0.1) is 0 Å². The van der Waals surface area contributed by atoms with E-state index < -0.39 is 6.10 Å². The second kappa shape index (κ2) is 5.69. The third-order valence-electron chi connectivity index (χ3n) is 2.90. The van der Waals surface area contributed by atoms with Gasteiger partial charge in [0.2, 0.25) is 0 Å². The first kappa shape index (κ1) is 14.6. The van der Waals surface area contributed by atoms with Gasteiger partial charge in [0.05, 0.1) is 16.7 Å². The molecule has 0 saturated heterocycles. The maximum absolute atomic E-state index is 10.4. The first-order chi connectivity index (χ1) is 8.89. The highest BCUT2D eigenvalue weighted by Gasteiger charge is 2.26. The molecule has 2 aromatic rings. The van der Waals surface area contributed by atoms with Crippen LogP contribution in [0.15, 0.2) is 28.7 Å². The largest absolute Gasteiger partial charge is 0.387 e. The van der Waals surface area contributed by atoms with Gasteiger partial charge in [0.15, 0.2) is 0 Å². The average Bonchev–Trinajstić information content (AvgIpc) is 2.81. The van der Waals surface area contributed by atoms with Crippen molar-refractivity contribution >= 4 is 27.5 Å². The molecule has 0 aliphatic carbocycles. The molecule has 1 aromatic heterocycles. The summed E-state index contributed by atoms with van der Waals surface area (Å²) in [5.41, 5.74) is 1.87. The third-order valence-corrected chi connectivity index (χ3v) is 4.50. The molecule has 0 radical (unpaired) electrons. The van der Waals surface area contributed by atoms with Gasteiger partial charge >= 0.3 is 0 Å². The summed E-state index contributed by atoms with van der Waals surface area (Å²) in [6.07, 6.45) is 0.00176. The van der Waals surface area contributed by atoms with E-state index in [0.717, 1.165) is 20.6 Å². The van der Waals surface area contributed by atoms with Crippen LogP contribution >= 0.6 is 27.5 Å². The number of aliphatic hydroxyl groups is 1. The van der Waals surface area contributed by atoms with E-state index in [2.05, 4.69) is 46.3 Å². The van der Waals surface area contributed by atoms with Crippen LogP contribution in [-0.4, -0.2) is 14.7 Å². The predicted molar refractivity (Wildman–Crippen MR) is 81.4 cm³/mol. The number of rotatable bonds is 3. The lowest BCUT2D eigenvalue weighted by atomic mass is 9.89. The first-order valence-electron chi connectivity index (χ1n) is 6.14. The van der Waals surface area contributed by atoms with Crippen LogP contribution in [0.2, 0.25) is 0 Å². The summed E-state index contributed by atoms with van der Waals surface area (Å²) in [7, 11) is 0. The van der Waals surface area contributed by atoms with Gasteiger partial charge in [-0.05, 0) is 23.2 Å². The Morgan fingerprint density at radius 3 is 2.63 bits per heavy atom. The number of benzene rings is 1. The molecule has 5 heteroatoms. The fourth-order valence-electron chi connectivity index (χ4n) is 1.90. The molecule has 19 heavy (non-hydrogen) atoms. The lowest BCUT2D eigenvalue weighted by Crippen LogP contribution is -2.16. The van der Waals surface area contributed by atoms with E-state index in [-0.39, 0.29) is 5.41 Å². The molecule has 102 valence electrons. The molecular formula is C14H17BrN2OS. The zero-order valence-electron chi connectivity index (χ0n) is 11.2. The molecule has 0 bridgehead atoms. The number of hydrogen-bond acceptors (Lipinski definition) is 4. The topological polar surface area (TPSA) is 46.0 Å². The Bertz CT molecular complexity index is 563. The van der Waals surface area contributed by atoms with Gasteiger partial charge < -0.3 is 5.11 Å². The minimum Gasteiger partial charge on any atom is -0.387 e. The first-order valence-corrected chi connectivity index (χ1v) is 7.70. The molecule has 0 amide bonds. The van der Waals surface area contributed by atoms with E-state index in [1.165, 1.54) is 11.5 Å². The highest BCUT2D eigenvalue weighted by Crippen LogP contribution is 2.32. The Balaban J connectivity index is 2.24. The van der Waals surface area contributed by atoms with E-state index in [0.29, 0.717) is 6.42 Å². The van der Waals surface area contributed by atoms with Gasteiger partial charge in [0.25, 0.3) is 0 Å². The Hall–Kier alpha value is -0.780. The summed E-state index contributed by atoms with van der Waals surface area (Å²) in [6, 6.07) is 7.94. The highest BCUT2D eigenvalue weighted by atomic mass is 79.9. The SMILES string of the molecule is CC(C)(C)c1nnsc1C(O)Cc1ccccc1Br. The van der Waals surface area contributed by atoms with Crippen molar-refractivity contribution in [1.82, 2.24) is 9.59 Å². The summed E-state index contributed by atoms with van der Waals surface area (Å²) in [5.74, 6) is 0. The number of halogens is 1. The summed E-state index contributed by atoms with van der Waals surface area (Å²) in [4.78, 5) is 0.864. The summed E-state index contributed by atoms with van der Waals surface area (Å²) < 4.78 is 5.01. The molecule has 1 heterocycles. The summed E-state index contributed by atoms with van der Waals surface area (Å²) in [6.45, 7) is 6.25. The molecular weight excluding hydrogens is 324 g/mol. The molecule has 0 saturated carbocycles.